The number of rotatable bonds is 1. The summed E-state index contributed by atoms with van der Waals surface area (Å²) in [5.74, 6) is -0.118. The molecular formula is C9H5FKNO. The van der Waals surface area contributed by atoms with Crippen molar-refractivity contribution in [3.05, 3.63) is 42.5 Å². The molecule has 0 unspecified atom stereocenters. The molecule has 2 nitrogen and oxygen atoms in total. The molecule has 0 fully saturated rings. The van der Waals surface area contributed by atoms with Gasteiger partial charge in [-0.15, -0.1) is 24.3 Å². The minimum Gasteiger partial charge on any atom is -0.488 e. The van der Waals surface area contributed by atoms with Crippen molar-refractivity contribution in [2.45, 2.75) is 0 Å². The fourth-order valence-electron chi connectivity index (χ4n) is 0.927. The molecule has 0 aliphatic rings. The van der Waals surface area contributed by atoms with Gasteiger partial charge in [0.15, 0.2) is 0 Å². The molecule has 0 spiro atoms. The van der Waals surface area contributed by atoms with Gasteiger partial charge in [-0.1, -0.05) is 5.56 Å². The van der Waals surface area contributed by atoms with Gasteiger partial charge in [0.1, 0.15) is 5.89 Å². The molecule has 0 amide bonds. The predicted octanol–water partition coefficient (Wildman–Crippen LogP) is -0.715. The summed E-state index contributed by atoms with van der Waals surface area (Å²) in [5, 5.41) is 0. The molecule has 0 aliphatic heterocycles. The van der Waals surface area contributed by atoms with Crippen LogP contribution in [0.15, 0.2) is 35.1 Å². The molecule has 0 N–H and O–H groups in total. The number of nitrogens with zero attached hydrogens (tertiary/aromatic N) is 1. The van der Waals surface area contributed by atoms with Gasteiger partial charge in [-0.25, -0.2) is 0 Å². The molecule has 4 heteroatoms. The fourth-order valence-corrected chi connectivity index (χ4v) is 0.927. The van der Waals surface area contributed by atoms with E-state index < -0.39 is 0 Å². The van der Waals surface area contributed by atoms with Crippen LogP contribution >= 0.6 is 0 Å². The van der Waals surface area contributed by atoms with Gasteiger partial charge in [-0.3, -0.25) is 9.37 Å². The van der Waals surface area contributed by atoms with Crippen LogP contribution in [0.2, 0.25) is 0 Å². The summed E-state index contributed by atoms with van der Waals surface area (Å²) in [6.07, 6.45) is 2.87. The summed E-state index contributed by atoms with van der Waals surface area (Å²) in [7, 11) is 0. The van der Waals surface area contributed by atoms with Gasteiger partial charge < -0.3 is 4.42 Å². The van der Waals surface area contributed by atoms with E-state index in [-0.39, 0.29) is 68.7 Å². The smallest absolute Gasteiger partial charge is 0.488 e. The van der Waals surface area contributed by atoms with Crippen LogP contribution in [0.4, 0.5) is 4.39 Å². The first-order valence-electron chi connectivity index (χ1n) is 3.44. The van der Waals surface area contributed by atoms with E-state index in [4.69, 9.17) is 4.42 Å². The van der Waals surface area contributed by atoms with Gasteiger partial charge in [0.05, 0.1) is 12.5 Å². The van der Waals surface area contributed by atoms with E-state index >= 15 is 0 Å². The molecular weight excluding hydrogens is 196 g/mol. The van der Waals surface area contributed by atoms with Crippen molar-refractivity contribution >= 4 is 0 Å². The van der Waals surface area contributed by atoms with E-state index in [1.54, 1.807) is 12.1 Å². The first kappa shape index (κ1) is 11.1. The standard InChI is InChI=1S/C9H5FNO.K/c10-8-4-2-1-3-7(8)9-11-5-6-12-9;/h1-2,4-6H;/q-1;+1. The molecule has 1 aromatic carbocycles. The Kier molecular flexibility index (Phi) is 4.28. The molecule has 1 aromatic heterocycles. The Bertz CT molecular complexity index is 375. The van der Waals surface area contributed by atoms with Crippen molar-refractivity contribution < 1.29 is 60.2 Å². The largest absolute Gasteiger partial charge is 1.00 e. The van der Waals surface area contributed by atoms with E-state index in [1.807, 2.05) is 0 Å². The second-order valence-electron chi connectivity index (χ2n) is 2.23. The molecule has 0 saturated heterocycles. The predicted molar refractivity (Wildman–Crippen MR) is 40.7 cm³/mol. The van der Waals surface area contributed by atoms with Crippen molar-refractivity contribution in [1.29, 1.82) is 0 Å². The third kappa shape index (κ3) is 2.48. The summed E-state index contributed by atoms with van der Waals surface area (Å²) < 4.78 is 17.9. The van der Waals surface area contributed by atoms with Crippen LogP contribution in [-0.4, -0.2) is 4.98 Å². The van der Waals surface area contributed by atoms with Gasteiger partial charge in [-0.05, 0) is 0 Å². The summed E-state index contributed by atoms with van der Waals surface area (Å²) in [4.78, 5) is 3.81. The normalized spacial score (nSPS) is 9.31. The van der Waals surface area contributed by atoms with Gasteiger partial charge in [0.25, 0.3) is 0 Å². The summed E-state index contributed by atoms with van der Waals surface area (Å²) in [6, 6.07) is 7.24. The third-order valence-electron chi connectivity index (χ3n) is 1.45. The van der Waals surface area contributed by atoms with Crippen LogP contribution in [0.1, 0.15) is 0 Å². The monoisotopic (exact) mass is 201 g/mol. The van der Waals surface area contributed by atoms with Crippen LogP contribution in [-0.2, 0) is 0 Å². The molecule has 60 valence electrons. The van der Waals surface area contributed by atoms with E-state index in [9.17, 15) is 4.39 Å². The minimum atomic E-state index is -0.375. The zero-order valence-electron chi connectivity index (χ0n) is 7.12. The fraction of sp³-hybridized carbons (Fsp3) is 0. The average Bonchev–Trinajstić information content (AvgIpc) is 2.57. The van der Waals surface area contributed by atoms with Crippen molar-refractivity contribution in [2.75, 3.05) is 0 Å². The van der Waals surface area contributed by atoms with Crippen LogP contribution in [0, 0.1) is 11.9 Å². The van der Waals surface area contributed by atoms with E-state index in [2.05, 4.69) is 11.1 Å². The summed E-state index contributed by atoms with van der Waals surface area (Å²) in [6.45, 7) is 0. The topological polar surface area (TPSA) is 26.0 Å². The van der Waals surface area contributed by atoms with E-state index in [1.165, 1.54) is 18.5 Å². The Morgan fingerprint density at radius 2 is 2.31 bits per heavy atom. The second-order valence-corrected chi connectivity index (χ2v) is 2.23. The number of hydrogen-bond donors (Lipinski definition) is 0. The number of hydrogen-bond acceptors (Lipinski definition) is 2. The molecule has 2 aromatic rings. The molecule has 0 radical (unpaired) electrons. The van der Waals surface area contributed by atoms with Crippen molar-refractivity contribution in [1.82, 2.24) is 4.98 Å². The van der Waals surface area contributed by atoms with Crippen molar-refractivity contribution in [3.63, 3.8) is 0 Å². The Morgan fingerprint density at radius 3 is 2.92 bits per heavy atom. The van der Waals surface area contributed by atoms with Crippen LogP contribution in [0.25, 0.3) is 11.5 Å². The number of benzene rings is 1. The maximum Gasteiger partial charge on any atom is 1.00 e. The van der Waals surface area contributed by atoms with Crippen LogP contribution in [0.5, 0.6) is 0 Å². The molecule has 0 bridgehead atoms. The zero-order chi connectivity index (χ0) is 8.39. The Labute approximate surface area is 118 Å². The van der Waals surface area contributed by atoms with Gasteiger partial charge in [0.2, 0.25) is 0 Å². The minimum absolute atomic E-state index is 0. The van der Waals surface area contributed by atoms with Gasteiger partial charge >= 0.3 is 51.4 Å². The maximum absolute atomic E-state index is 13.0. The van der Waals surface area contributed by atoms with Crippen LogP contribution in [0.3, 0.4) is 0 Å². The number of halogens is 1. The van der Waals surface area contributed by atoms with E-state index in [0.717, 1.165) is 0 Å². The van der Waals surface area contributed by atoms with Crippen LogP contribution < -0.4 is 51.4 Å². The first-order valence-corrected chi connectivity index (χ1v) is 3.44. The second kappa shape index (κ2) is 5.02. The number of oxazole rings is 1. The number of aromatic nitrogens is 1. The Morgan fingerprint density at radius 1 is 1.46 bits per heavy atom. The molecule has 13 heavy (non-hydrogen) atoms. The summed E-state index contributed by atoms with van der Waals surface area (Å²) >= 11 is 0. The van der Waals surface area contributed by atoms with Gasteiger partial charge in [-0.2, -0.15) is 0 Å². The molecule has 2 rings (SSSR count). The Balaban J connectivity index is 0.000000845. The zero-order valence-corrected chi connectivity index (χ0v) is 10.2. The summed E-state index contributed by atoms with van der Waals surface area (Å²) in [5.41, 5.74) is 0.266. The molecule has 0 atom stereocenters. The first-order chi connectivity index (χ1) is 5.88. The molecule has 0 aliphatic carbocycles. The maximum atomic E-state index is 13.0. The third-order valence-corrected chi connectivity index (χ3v) is 1.45. The van der Waals surface area contributed by atoms with E-state index in [0.29, 0.717) is 0 Å². The molecule has 1 heterocycles. The Hall–Kier alpha value is -0.00364. The molecule has 0 saturated carbocycles. The van der Waals surface area contributed by atoms with Crippen molar-refractivity contribution in [2.24, 2.45) is 0 Å². The SMILES string of the molecule is Fc1ccc[c-]c1-c1ncco1.[K+]. The van der Waals surface area contributed by atoms with Crippen molar-refractivity contribution in [3.8, 4) is 11.5 Å². The average molecular weight is 201 g/mol. The quantitative estimate of drug-likeness (QED) is 0.450. The van der Waals surface area contributed by atoms with Gasteiger partial charge in [0, 0.05) is 5.82 Å².